The van der Waals surface area contributed by atoms with Crippen molar-refractivity contribution in [1.82, 2.24) is 0 Å². The monoisotopic (exact) mass is 372 g/mol. The minimum atomic E-state index is -0.825. The molecule has 7 nitrogen and oxygen atoms in total. The molecule has 0 saturated heterocycles. The number of phenolic OH excluding ortho intramolecular Hbond substituents is 4. The molecule has 2 atom stereocenters. The van der Waals surface area contributed by atoms with E-state index in [4.69, 9.17) is 4.74 Å². The molecule has 2 aromatic carbocycles. The lowest BCUT2D eigenvalue weighted by atomic mass is 9.69. The average molecular weight is 372 g/mol. The van der Waals surface area contributed by atoms with Crippen molar-refractivity contribution in [3.05, 3.63) is 35.4 Å². The number of fused-ring (bicyclic) bond motifs is 2. The summed E-state index contributed by atoms with van der Waals surface area (Å²) in [6.45, 7) is 0. The van der Waals surface area contributed by atoms with E-state index in [1.807, 2.05) is 0 Å². The topological polar surface area (TPSA) is 127 Å². The van der Waals surface area contributed by atoms with Gasteiger partial charge in [-0.05, 0) is 37.3 Å². The largest absolute Gasteiger partial charge is 0.504 e. The van der Waals surface area contributed by atoms with Gasteiger partial charge in [0.05, 0.1) is 5.92 Å². The summed E-state index contributed by atoms with van der Waals surface area (Å²) in [5, 5.41) is 49.7. The fourth-order valence-electron chi connectivity index (χ4n) is 4.39. The number of rotatable bonds is 2. The highest BCUT2D eigenvalue weighted by atomic mass is 16.5. The van der Waals surface area contributed by atoms with Crippen LogP contribution in [0.2, 0.25) is 0 Å². The van der Waals surface area contributed by atoms with E-state index in [9.17, 15) is 30.3 Å². The summed E-state index contributed by atoms with van der Waals surface area (Å²) in [5.41, 5.74) is 1.25. The van der Waals surface area contributed by atoms with Crippen LogP contribution in [0.5, 0.6) is 34.5 Å². The van der Waals surface area contributed by atoms with Gasteiger partial charge >= 0.3 is 5.97 Å². The molecular formula is C20H20O7. The smallest absolute Gasteiger partial charge is 0.306 e. The number of hydrogen-bond donors (Lipinski definition) is 5. The normalized spacial score (nSPS) is 21.8. The summed E-state index contributed by atoms with van der Waals surface area (Å²) in [7, 11) is 0. The Balaban J connectivity index is 1.87. The summed E-state index contributed by atoms with van der Waals surface area (Å²) >= 11 is 0. The molecular weight excluding hydrogens is 352 g/mol. The van der Waals surface area contributed by atoms with Crippen LogP contribution < -0.4 is 4.74 Å². The van der Waals surface area contributed by atoms with Gasteiger partial charge in [-0.25, -0.2) is 0 Å². The summed E-state index contributed by atoms with van der Waals surface area (Å²) in [6, 6.07) is 6.03. The molecule has 4 rings (SSSR count). The number of carboxylic acid groups (broad SMARTS) is 1. The molecule has 0 spiro atoms. The van der Waals surface area contributed by atoms with E-state index in [0.29, 0.717) is 24.0 Å². The zero-order valence-corrected chi connectivity index (χ0v) is 14.4. The number of carbonyl (C=O) groups is 1. The highest BCUT2D eigenvalue weighted by Gasteiger charge is 2.40. The lowest BCUT2D eigenvalue weighted by molar-refractivity contribution is -0.143. The maximum atomic E-state index is 11.5. The van der Waals surface area contributed by atoms with Gasteiger partial charge in [0.1, 0.15) is 0 Å². The van der Waals surface area contributed by atoms with Crippen LogP contribution in [-0.2, 0) is 4.79 Å². The molecule has 2 aliphatic rings. The standard InChI is InChI=1S/C20H20O7/c21-13-6-4-11-15(9-2-1-3-10(8-9)20(25)26)12-5-7-14(22)17(24)19(12)27-18(11)16(13)23/h4-7,9-10,15,21-24H,1-3,8H2,(H,25,26). The predicted octanol–water partition coefficient (Wildman–Crippen LogP) is 3.64. The second kappa shape index (κ2) is 6.26. The number of benzene rings is 2. The van der Waals surface area contributed by atoms with Gasteiger partial charge in [-0.2, -0.15) is 0 Å². The molecule has 0 radical (unpaired) electrons. The highest BCUT2D eigenvalue weighted by molar-refractivity contribution is 5.70. The molecule has 1 aliphatic heterocycles. The number of carboxylic acids is 1. The molecule has 1 saturated carbocycles. The molecule has 7 heteroatoms. The number of ether oxygens (including phenoxy) is 1. The van der Waals surface area contributed by atoms with E-state index in [-0.39, 0.29) is 34.8 Å². The SMILES string of the molecule is O=C(O)C1CCCC(C2c3ccc(O)c(O)c3Oc3c2ccc(O)c3O)C1. The second-order valence-corrected chi connectivity index (χ2v) is 7.24. The molecule has 5 N–H and O–H groups in total. The summed E-state index contributed by atoms with van der Waals surface area (Å²) in [6.07, 6.45) is 2.63. The van der Waals surface area contributed by atoms with Crippen LogP contribution in [0, 0.1) is 11.8 Å². The van der Waals surface area contributed by atoms with Crippen molar-refractivity contribution in [2.24, 2.45) is 11.8 Å². The number of hydrogen-bond acceptors (Lipinski definition) is 6. The van der Waals surface area contributed by atoms with Crippen molar-refractivity contribution < 1.29 is 35.1 Å². The maximum Gasteiger partial charge on any atom is 0.306 e. The van der Waals surface area contributed by atoms with Crippen molar-refractivity contribution in [2.75, 3.05) is 0 Å². The average Bonchev–Trinajstić information content (AvgIpc) is 2.66. The Labute approximate surface area is 155 Å². The first-order valence-corrected chi connectivity index (χ1v) is 8.88. The molecule has 2 aromatic rings. The van der Waals surface area contributed by atoms with Crippen LogP contribution in [-0.4, -0.2) is 31.5 Å². The van der Waals surface area contributed by atoms with Crippen LogP contribution in [0.15, 0.2) is 24.3 Å². The number of aromatic hydroxyl groups is 4. The van der Waals surface area contributed by atoms with Crippen molar-refractivity contribution in [3.8, 4) is 34.5 Å². The van der Waals surface area contributed by atoms with Gasteiger partial charge in [0, 0.05) is 17.0 Å². The van der Waals surface area contributed by atoms with Crippen LogP contribution >= 0.6 is 0 Å². The molecule has 1 fully saturated rings. The van der Waals surface area contributed by atoms with Crippen LogP contribution in [0.1, 0.15) is 42.7 Å². The Morgan fingerprint density at radius 1 is 0.889 bits per heavy atom. The fraction of sp³-hybridized carbons (Fsp3) is 0.350. The first-order chi connectivity index (χ1) is 12.9. The van der Waals surface area contributed by atoms with E-state index < -0.39 is 23.4 Å². The van der Waals surface area contributed by atoms with E-state index in [2.05, 4.69) is 0 Å². The molecule has 142 valence electrons. The highest BCUT2D eigenvalue weighted by Crippen LogP contribution is 2.58. The van der Waals surface area contributed by atoms with Gasteiger partial charge in [-0.15, -0.1) is 0 Å². The molecule has 27 heavy (non-hydrogen) atoms. The van der Waals surface area contributed by atoms with Gasteiger partial charge in [0.15, 0.2) is 23.0 Å². The minimum Gasteiger partial charge on any atom is -0.504 e. The molecule has 0 amide bonds. The van der Waals surface area contributed by atoms with Gasteiger partial charge in [0.25, 0.3) is 0 Å². The molecule has 0 bridgehead atoms. The zero-order valence-electron chi connectivity index (χ0n) is 14.4. The maximum absolute atomic E-state index is 11.5. The summed E-state index contributed by atoms with van der Waals surface area (Å²) in [4.78, 5) is 11.5. The van der Waals surface area contributed by atoms with Crippen LogP contribution in [0.4, 0.5) is 0 Å². The predicted molar refractivity (Wildman–Crippen MR) is 94.5 cm³/mol. The molecule has 2 unspecified atom stereocenters. The summed E-state index contributed by atoms with van der Waals surface area (Å²) in [5.74, 6) is -3.22. The van der Waals surface area contributed by atoms with E-state index >= 15 is 0 Å². The number of aliphatic carboxylic acids is 1. The van der Waals surface area contributed by atoms with Gasteiger partial charge < -0.3 is 30.3 Å². The Kier molecular flexibility index (Phi) is 4.02. The van der Waals surface area contributed by atoms with Crippen LogP contribution in [0.25, 0.3) is 0 Å². The Morgan fingerprint density at radius 2 is 1.44 bits per heavy atom. The lowest BCUT2D eigenvalue weighted by Crippen LogP contribution is -2.28. The Bertz CT molecular complexity index is 864. The zero-order chi connectivity index (χ0) is 19.3. The number of phenols is 4. The third-order valence-electron chi connectivity index (χ3n) is 5.69. The Morgan fingerprint density at radius 3 is 1.96 bits per heavy atom. The lowest BCUT2D eigenvalue weighted by Gasteiger charge is -2.37. The summed E-state index contributed by atoms with van der Waals surface area (Å²) < 4.78 is 5.66. The fourth-order valence-corrected chi connectivity index (χ4v) is 4.39. The first-order valence-electron chi connectivity index (χ1n) is 8.88. The third-order valence-corrected chi connectivity index (χ3v) is 5.69. The second-order valence-electron chi connectivity index (χ2n) is 7.24. The van der Waals surface area contributed by atoms with Crippen molar-refractivity contribution in [1.29, 1.82) is 0 Å². The first kappa shape index (κ1) is 17.3. The van der Waals surface area contributed by atoms with Crippen molar-refractivity contribution in [3.63, 3.8) is 0 Å². The van der Waals surface area contributed by atoms with E-state index in [1.54, 1.807) is 12.1 Å². The van der Waals surface area contributed by atoms with E-state index in [1.165, 1.54) is 12.1 Å². The third kappa shape index (κ3) is 2.70. The van der Waals surface area contributed by atoms with Crippen molar-refractivity contribution in [2.45, 2.75) is 31.6 Å². The van der Waals surface area contributed by atoms with Crippen molar-refractivity contribution >= 4 is 5.97 Å². The molecule has 0 aromatic heterocycles. The minimum absolute atomic E-state index is 0.0193. The van der Waals surface area contributed by atoms with Gasteiger partial charge in [-0.1, -0.05) is 18.6 Å². The van der Waals surface area contributed by atoms with Crippen LogP contribution in [0.3, 0.4) is 0 Å². The Hall–Kier alpha value is -3.09. The van der Waals surface area contributed by atoms with Gasteiger partial charge in [-0.3, -0.25) is 4.79 Å². The quantitative estimate of drug-likeness (QED) is 0.509. The van der Waals surface area contributed by atoms with E-state index in [0.717, 1.165) is 12.8 Å². The molecule has 1 heterocycles. The van der Waals surface area contributed by atoms with Gasteiger partial charge in [0.2, 0.25) is 11.5 Å². The molecule has 1 aliphatic carbocycles.